The SMILES string of the molecule is Cc1nc(-n2nc(C3CC3)cc2NC(=O)c2cc(-c3ccco3)on2)[nH]c(=O)c1C. The number of carbonyl (C=O) groups excluding carboxylic acids is 1. The minimum Gasteiger partial charge on any atom is -0.461 e. The van der Waals surface area contributed by atoms with E-state index in [0.717, 1.165) is 18.5 Å². The Hall–Kier alpha value is -3.95. The maximum atomic E-state index is 12.8. The van der Waals surface area contributed by atoms with Crippen molar-refractivity contribution in [2.75, 3.05) is 5.32 Å². The van der Waals surface area contributed by atoms with Crippen LogP contribution in [-0.4, -0.2) is 30.8 Å². The van der Waals surface area contributed by atoms with Gasteiger partial charge < -0.3 is 14.3 Å². The van der Waals surface area contributed by atoms with E-state index in [1.807, 2.05) is 0 Å². The number of amides is 1. The van der Waals surface area contributed by atoms with Crippen LogP contribution in [0.1, 0.15) is 46.2 Å². The molecule has 0 radical (unpaired) electrons. The second-order valence-electron chi connectivity index (χ2n) is 7.25. The third-order valence-electron chi connectivity index (χ3n) is 5.06. The standard InChI is InChI=1S/C20H18N6O4/c1-10-11(2)21-20(23-18(10)27)26-17(9-13(24-26)12-5-6-12)22-19(28)14-8-16(30-25-14)15-4-3-7-29-15/h3-4,7-9,12H,5-6H2,1-2H3,(H,22,28)(H,21,23,27). The number of H-pyrrole nitrogens is 1. The summed E-state index contributed by atoms with van der Waals surface area (Å²) >= 11 is 0. The molecule has 5 rings (SSSR count). The number of furan rings is 1. The van der Waals surface area contributed by atoms with Crippen LogP contribution in [0, 0.1) is 13.8 Å². The lowest BCUT2D eigenvalue weighted by Gasteiger charge is -2.08. The van der Waals surface area contributed by atoms with Gasteiger partial charge in [0, 0.05) is 29.3 Å². The maximum absolute atomic E-state index is 12.8. The minimum atomic E-state index is -0.480. The number of hydrogen-bond acceptors (Lipinski definition) is 7. The molecule has 10 nitrogen and oxygen atoms in total. The summed E-state index contributed by atoms with van der Waals surface area (Å²) in [7, 11) is 0. The molecule has 1 aliphatic carbocycles. The average Bonchev–Trinajstić information content (AvgIpc) is 3.14. The van der Waals surface area contributed by atoms with Crippen LogP contribution in [-0.2, 0) is 0 Å². The average molecular weight is 406 g/mol. The van der Waals surface area contributed by atoms with Crippen molar-refractivity contribution in [3.05, 3.63) is 63.5 Å². The topological polar surface area (TPSA) is 132 Å². The fourth-order valence-electron chi connectivity index (χ4n) is 3.06. The number of anilines is 1. The van der Waals surface area contributed by atoms with Gasteiger partial charge in [-0.05, 0) is 38.8 Å². The first-order chi connectivity index (χ1) is 14.5. The van der Waals surface area contributed by atoms with Gasteiger partial charge in [0.05, 0.1) is 12.0 Å². The van der Waals surface area contributed by atoms with Crippen molar-refractivity contribution < 1.29 is 13.7 Å². The Morgan fingerprint density at radius 3 is 2.80 bits per heavy atom. The van der Waals surface area contributed by atoms with Gasteiger partial charge in [-0.15, -0.1) is 0 Å². The van der Waals surface area contributed by atoms with E-state index in [4.69, 9.17) is 8.94 Å². The summed E-state index contributed by atoms with van der Waals surface area (Å²) in [5.41, 5.74) is 1.80. The van der Waals surface area contributed by atoms with Gasteiger partial charge >= 0.3 is 0 Å². The van der Waals surface area contributed by atoms with Gasteiger partial charge in [0.1, 0.15) is 5.82 Å². The van der Waals surface area contributed by atoms with E-state index < -0.39 is 5.91 Å². The van der Waals surface area contributed by atoms with E-state index in [0.29, 0.717) is 34.5 Å². The molecular weight excluding hydrogens is 388 g/mol. The molecule has 0 unspecified atom stereocenters. The Labute approximate surface area is 169 Å². The van der Waals surface area contributed by atoms with Gasteiger partial charge in [-0.2, -0.15) is 9.78 Å². The van der Waals surface area contributed by atoms with Crippen LogP contribution in [0.2, 0.25) is 0 Å². The zero-order valence-electron chi connectivity index (χ0n) is 16.3. The van der Waals surface area contributed by atoms with Gasteiger partial charge in [0.15, 0.2) is 11.5 Å². The summed E-state index contributed by atoms with van der Waals surface area (Å²) in [6.45, 7) is 3.46. The summed E-state index contributed by atoms with van der Waals surface area (Å²) in [4.78, 5) is 32.1. The molecule has 10 heteroatoms. The summed E-state index contributed by atoms with van der Waals surface area (Å²) in [6, 6.07) is 6.71. The molecule has 152 valence electrons. The molecule has 4 heterocycles. The second kappa shape index (κ2) is 6.83. The Kier molecular flexibility index (Phi) is 4.12. The second-order valence-corrected chi connectivity index (χ2v) is 7.25. The smallest absolute Gasteiger partial charge is 0.279 e. The molecule has 4 aromatic heterocycles. The van der Waals surface area contributed by atoms with Gasteiger partial charge in [-0.3, -0.25) is 14.6 Å². The molecule has 0 spiro atoms. The highest BCUT2D eigenvalue weighted by Gasteiger charge is 2.29. The number of aryl methyl sites for hydroxylation is 1. The van der Waals surface area contributed by atoms with Gasteiger partial charge in [-0.1, -0.05) is 5.16 Å². The molecule has 4 aromatic rings. The van der Waals surface area contributed by atoms with Crippen molar-refractivity contribution in [1.82, 2.24) is 24.9 Å². The van der Waals surface area contributed by atoms with Crippen molar-refractivity contribution in [1.29, 1.82) is 0 Å². The predicted octanol–water partition coefficient (Wildman–Crippen LogP) is 2.95. The molecule has 0 bridgehead atoms. The molecule has 0 aliphatic heterocycles. The van der Waals surface area contributed by atoms with Crippen LogP contribution in [0.4, 0.5) is 5.82 Å². The number of carbonyl (C=O) groups is 1. The molecule has 0 saturated heterocycles. The third-order valence-corrected chi connectivity index (χ3v) is 5.06. The van der Waals surface area contributed by atoms with Crippen molar-refractivity contribution in [2.24, 2.45) is 0 Å². The quantitative estimate of drug-likeness (QED) is 0.521. The summed E-state index contributed by atoms with van der Waals surface area (Å²) in [5, 5.41) is 11.2. The predicted molar refractivity (Wildman–Crippen MR) is 106 cm³/mol. The molecule has 30 heavy (non-hydrogen) atoms. The first-order valence-corrected chi connectivity index (χ1v) is 9.49. The van der Waals surface area contributed by atoms with Crippen molar-refractivity contribution >= 4 is 11.7 Å². The normalized spacial score (nSPS) is 13.5. The maximum Gasteiger partial charge on any atom is 0.279 e. The van der Waals surface area contributed by atoms with E-state index in [2.05, 4.69) is 25.5 Å². The first-order valence-electron chi connectivity index (χ1n) is 9.49. The van der Waals surface area contributed by atoms with Gasteiger partial charge in [-0.25, -0.2) is 4.98 Å². The number of nitrogens with zero attached hydrogens (tertiary/aromatic N) is 4. The number of aromatic amines is 1. The fourth-order valence-corrected chi connectivity index (χ4v) is 3.06. The molecule has 1 fully saturated rings. The van der Waals surface area contributed by atoms with Crippen molar-refractivity contribution in [2.45, 2.75) is 32.6 Å². The monoisotopic (exact) mass is 406 g/mol. The van der Waals surface area contributed by atoms with Crippen molar-refractivity contribution in [3.8, 4) is 17.5 Å². The van der Waals surface area contributed by atoms with E-state index in [1.54, 1.807) is 32.0 Å². The van der Waals surface area contributed by atoms with E-state index >= 15 is 0 Å². The van der Waals surface area contributed by atoms with E-state index in [-0.39, 0.29) is 17.2 Å². The summed E-state index contributed by atoms with van der Waals surface area (Å²) in [6.07, 6.45) is 3.58. The summed E-state index contributed by atoms with van der Waals surface area (Å²) < 4.78 is 11.9. The molecule has 2 N–H and O–H groups in total. The third kappa shape index (κ3) is 3.21. The first kappa shape index (κ1) is 18.1. The van der Waals surface area contributed by atoms with Crippen LogP contribution < -0.4 is 10.9 Å². The zero-order valence-corrected chi connectivity index (χ0v) is 16.3. The Bertz CT molecular complexity index is 1290. The minimum absolute atomic E-state index is 0.0867. The number of nitrogens with one attached hydrogen (secondary N) is 2. The van der Waals surface area contributed by atoms with E-state index in [9.17, 15) is 9.59 Å². The van der Waals surface area contributed by atoms with Crippen LogP contribution in [0.25, 0.3) is 17.5 Å². The Balaban J connectivity index is 1.48. The number of hydrogen-bond donors (Lipinski definition) is 2. The zero-order chi connectivity index (χ0) is 20.8. The molecule has 1 amide bonds. The van der Waals surface area contributed by atoms with Crippen LogP contribution in [0.15, 0.2) is 44.3 Å². The fraction of sp³-hybridized carbons (Fsp3) is 0.250. The van der Waals surface area contributed by atoms with Gasteiger partial charge in [0.2, 0.25) is 11.7 Å². The molecule has 0 atom stereocenters. The molecular formula is C20H18N6O4. The lowest BCUT2D eigenvalue weighted by Crippen LogP contribution is -2.21. The molecule has 0 aromatic carbocycles. The van der Waals surface area contributed by atoms with Gasteiger partial charge in [0.25, 0.3) is 11.5 Å². The van der Waals surface area contributed by atoms with Crippen LogP contribution in [0.3, 0.4) is 0 Å². The largest absolute Gasteiger partial charge is 0.461 e. The highest BCUT2D eigenvalue weighted by molar-refractivity contribution is 6.02. The Morgan fingerprint density at radius 1 is 1.27 bits per heavy atom. The van der Waals surface area contributed by atoms with Crippen LogP contribution in [0.5, 0.6) is 0 Å². The number of aromatic nitrogens is 5. The highest BCUT2D eigenvalue weighted by atomic mass is 16.5. The summed E-state index contributed by atoms with van der Waals surface area (Å²) in [5.74, 6) is 1.30. The van der Waals surface area contributed by atoms with Crippen LogP contribution >= 0.6 is 0 Å². The molecule has 1 saturated carbocycles. The number of rotatable bonds is 5. The lowest BCUT2D eigenvalue weighted by molar-refractivity contribution is 0.101. The Morgan fingerprint density at radius 2 is 2.10 bits per heavy atom. The molecule has 1 aliphatic rings. The van der Waals surface area contributed by atoms with E-state index in [1.165, 1.54) is 17.0 Å². The highest BCUT2D eigenvalue weighted by Crippen LogP contribution is 2.40. The van der Waals surface area contributed by atoms with Crippen molar-refractivity contribution in [3.63, 3.8) is 0 Å². The lowest BCUT2D eigenvalue weighted by atomic mass is 10.3.